The molecule has 7 nitrogen and oxygen atoms in total. The summed E-state index contributed by atoms with van der Waals surface area (Å²) in [4.78, 5) is 21.6. The molecule has 0 atom stereocenters. The van der Waals surface area contributed by atoms with Crippen molar-refractivity contribution in [2.24, 2.45) is 5.92 Å². The van der Waals surface area contributed by atoms with Gasteiger partial charge in [-0.3, -0.25) is 14.9 Å². The van der Waals surface area contributed by atoms with Gasteiger partial charge < -0.3 is 15.4 Å². The van der Waals surface area contributed by atoms with Crippen LogP contribution in [0.25, 0.3) is 0 Å². The first kappa shape index (κ1) is 15.0. The Bertz CT molecular complexity index is 561. The molecular weight excluding hydrogens is 281 g/mol. The van der Waals surface area contributed by atoms with Crippen LogP contribution in [-0.2, 0) is 4.79 Å². The van der Waals surface area contributed by atoms with Gasteiger partial charge in [0.1, 0.15) is 0 Å². The molecule has 0 radical (unpaired) electrons. The van der Waals surface area contributed by atoms with Crippen LogP contribution in [0.1, 0.15) is 12.8 Å². The minimum absolute atomic E-state index is 0.0148. The summed E-state index contributed by atoms with van der Waals surface area (Å²) >= 11 is 0. The number of carbonyl (C=O) groups excluding carboxylic acids is 1. The molecule has 0 heterocycles. The Morgan fingerprint density at radius 1 is 1.52 bits per heavy atom. The Morgan fingerprint density at radius 3 is 2.81 bits per heavy atom. The van der Waals surface area contributed by atoms with Crippen LogP contribution in [0.15, 0.2) is 12.1 Å². The van der Waals surface area contributed by atoms with Gasteiger partial charge in [0.2, 0.25) is 5.91 Å². The van der Waals surface area contributed by atoms with E-state index in [4.69, 9.17) is 4.74 Å². The zero-order valence-electron chi connectivity index (χ0n) is 11.5. The van der Waals surface area contributed by atoms with Crippen molar-refractivity contribution < 1.29 is 18.8 Å². The van der Waals surface area contributed by atoms with Crippen molar-refractivity contribution in [1.82, 2.24) is 5.32 Å². The number of anilines is 1. The molecule has 1 fully saturated rings. The van der Waals surface area contributed by atoms with Crippen molar-refractivity contribution in [3.05, 3.63) is 28.1 Å². The normalized spacial score (nSPS) is 13.6. The van der Waals surface area contributed by atoms with E-state index in [1.807, 2.05) is 0 Å². The zero-order valence-corrected chi connectivity index (χ0v) is 11.5. The molecule has 114 valence electrons. The Labute approximate surface area is 120 Å². The van der Waals surface area contributed by atoms with Crippen molar-refractivity contribution >= 4 is 17.3 Å². The van der Waals surface area contributed by atoms with Gasteiger partial charge in [-0.05, 0) is 18.8 Å². The lowest BCUT2D eigenvalue weighted by Gasteiger charge is -2.10. The lowest BCUT2D eigenvalue weighted by atomic mass is 10.2. The van der Waals surface area contributed by atoms with Gasteiger partial charge in [0.25, 0.3) is 0 Å². The number of benzene rings is 1. The highest BCUT2D eigenvalue weighted by Gasteiger charge is 2.22. The van der Waals surface area contributed by atoms with Crippen LogP contribution in [0.3, 0.4) is 0 Å². The lowest BCUT2D eigenvalue weighted by molar-refractivity contribution is -0.385. The quantitative estimate of drug-likeness (QED) is 0.590. The molecule has 1 aliphatic carbocycles. The van der Waals surface area contributed by atoms with Gasteiger partial charge in [-0.25, -0.2) is 4.39 Å². The number of nitrogens with zero attached hydrogens (tertiary/aromatic N) is 1. The van der Waals surface area contributed by atoms with E-state index in [2.05, 4.69) is 10.6 Å². The zero-order chi connectivity index (χ0) is 15.4. The van der Waals surface area contributed by atoms with E-state index in [1.54, 1.807) is 0 Å². The number of carbonyl (C=O) groups is 1. The monoisotopic (exact) mass is 297 g/mol. The summed E-state index contributed by atoms with van der Waals surface area (Å²) in [6.07, 6.45) is 2.25. The SMILES string of the molecule is COc1cc(NCC(=O)NCC2CC2)c(F)cc1[N+](=O)[O-]. The first-order chi connectivity index (χ1) is 10.0. The van der Waals surface area contributed by atoms with Gasteiger partial charge in [-0.1, -0.05) is 0 Å². The number of nitrogens with one attached hydrogen (secondary N) is 2. The maximum atomic E-state index is 13.7. The second-order valence-electron chi connectivity index (χ2n) is 4.86. The highest BCUT2D eigenvalue weighted by molar-refractivity contribution is 5.81. The number of hydrogen-bond acceptors (Lipinski definition) is 5. The van der Waals surface area contributed by atoms with E-state index in [0.717, 1.165) is 18.9 Å². The third-order valence-electron chi connectivity index (χ3n) is 3.19. The number of methoxy groups -OCH3 is 1. The largest absolute Gasteiger partial charge is 0.490 e. The molecule has 0 spiro atoms. The highest BCUT2D eigenvalue weighted by Crippen LogP contribution is 2.32. The first-order valence-electron chi connectivity index (χ1n) is 6.53. The van der Waals surface area contributed by atoms with Crippen LogP contribution in [0.2, 0.25) is 0 Å². The lowest BCUT2D eigenvalue weighted by Crippen LogP contribution is -2.31. The molecule has 21 heavy (non-hydrogen) atoms. The molecule has 1 aromatic carbocycles. The molecule has 0 bridgehead atoms. The smallest absolute Gasteiger partial charge is 0.313 e. The molecule has 1 saturated carbocycles. The maximum absolute atomic E-state index is 13.7. The van der Waals surface area contributed by atoms with E-state index in [-0.39, 0.29) is 23.9 Å². The molecule has 1 aliphatic rings. The fraction of sp³-hybridized carbons (Fsp3) is 0.462. The third-order valence-corrected chi connectivity index (χ3v) is 3.19. The molecule has 0 aromatic heterocycles. The van der Waals surface area contributed by atoms with Crippen molar-refractivity contribution in [2.75, 3.05) is 25.5 Å². The summed E-state index contributed by atoms with van der Waals surface area (Å²) in [5.74, 6) is -0.566. The predicted molar refractivity (Wildman–Crippen MR) is 73.8 cm³/mol. The second kappa shape index (κ2) is 6.38. The van der Waals surface area contributed by atoms with Gasteiger partial charge >= 0.3 is 5.69 Å². The van der Waals surface area contributed by atoms with Gasteiger partial charge in [-0.15, -0.1) is 0 Å². The number of halogens is 1. The maximum Gasteiger partial charge on any atom is 0.313 e. The molecule has 1 amide bonds. The average molecular weight is 297 g/mol. The summed E-state index contributed by atoms with van der Waals surface area (Å²) in [5.41, 5.74) is -0.474. The van der Waals surface area contributed by atoms with Crippen molar-refractivity contribution in [3.8, 4) is 5.75 Å². The highest BCUT2D eigenvalue weighted by atomic mass is 19.1. The fourth-order valence-electron chi connectivity index (χ4n) is 1.80. The minimum Gasteiger partial charge on any atom is -0.490 e. The number of nitro benzene ring substituents is 1. The molecule has 2 rings (SSSR count). The van der Waals surface area contributed by atoms with Crippen LogP contribution < -0.4 is 15.4 Å². The standard InChI is InChI=1S/C13H16FN3O4/c1-21-12-5-10(9(14)4-11(12)17(19)20)15-7-13(18)16-6-8-2-3-8/h4-5,8,15H,2-3,6-7H2,1H3,(H,16,18). The second-order valence-corrected chi connectivity index (χ2v) is 4.86. The van der Waals surface area contributed by atoms with Gasteiger partial charge in [0.15, 0.2) is 11.6 Å². The molecule has 0 aliphatic heterocycles. The Hall–Kier alpha value is -2.38. The predicted octanol–water partition coefficient (Wildman–Crippen LogP) is 1.68. The van der Waals surface area contributed by atoms with Crippen LogP contribution in [0, 0.1) is 21.8 Å². The topological polar surface area (TPSA) is 93.5 Å². The number of rotatable bonds is 7. The first-order valence-corrected chi connectivity index (χ1v) is 6.53. The molecule has 1 aromatic rings. The van der Waals surface area contributed by atoms with E-state index in [1.165, 1.54) is 13.2 Å². The molecule has 0 unspecified atom stereocenters. The van der Waals surface area contributed by atoms with Crippen LogP contribution in [0.4, 0.5) is 15.8 Å². The Balaban J connectivity index is 1.98. The van der Waals surface area contributed by atoms with E-state index < -0.39 is 16.4 Å². The Morgan fingerprint density at radius 2 is 2.24 bits per heavy atom. The fourth-order valence-corrected chi connectivity index (χ4v) is 1.80. The molecule has 2 N–H and O–H groups in total. The van der Waals surface area contributed by atoms with E-state index in [0.29, 0.717) is 12.5 Å². The summed E-state index contributed by atoms with van der Waals surface area (Å²) in [6.45, 7) is 0.525. The summed E-state index contributed by atoms with van der Waals surface area (Å²) < 4.78 is 18.6. The minimum atomic E-state index is -0.808. The Kier molecular flexibility index (Phi) is 4.56. The number of hydrogen-bond donors (Lipinski definition) is 2. The summed E-state index contributed by atoms with van der Waals surface area (Å²) in [5, 5.41) is 16.1. The molecule has 0 saturated heterocycles. The molecular formula is C13H16FN3O4. The van der Waals surface area contributed by atoms with Gasteiger partial charge in [0.05, 0.1) is 30.3 Å². The van der Waals surface area contributed by atoms with Crippen LogP contribution in [-0.4, -0.2) is 31.0 Å². The van der Waals surface area contributed by atoms with E-state index >= 15 is 0 Å². The van der Waals surface area contributed by atoms with Crippen molar-refractivity contribution in [2.45, 2.75) is 12.8 Å². The van der Waals surface area contributed by atoms with Gasteiger partial charge in [-0.2, -0.15) is 0 Å². The van der Waals surface area contributed by atoms with Crippen LogP contribution in [0.5, 0.6) is 5.75 Å². The summed E-state index contributed by atoms with van der Waals surface area (Å²) in [6, 6.07) is 1.94. The average Bonchev–Trinajstić information content (AvgIpc) is 3.27. The molecule has 8 heteroatoms. The third kappa shape index (κ3) is 4.04. The van der Waals surface area contributed by atoms with Crippen molar-refractivity contribution in [3.63, 3.8) is 0 Å². The summed E-state index contributed by atoms with van der Waals surface area (Å²) in [7, 11) is 1.26. The number of nitro groups is 1. The van der Waals surface area contributed by atoms with E-state index in [9.17, 15) is 19.3 Å². The van der Waals surface area contributed by atoms with Crippen molar-refractivity contribution in [1.29, 1.82) is 0 Å². The van der Waals surface area contributed by atoms with Crippen LogP contribution >= 0.6 is 0 Å². The number of amides is 1. The number of ether oxygens (including phenoxy) is 1. The van der Waals surface area contributed by atoms with Gasteiger partial charge in [0, 0.05) is 12.6 Å².